The molecule has 6 heteroatoms. The van der Waals surface area contributed by atoms with Gasteiger partial charge < -0.3 is 10.4 Å². The number of nitrogens with one attached hydrogen (secondary N) is 1. The summed E-state index contributed by atoms with van der Waals surface area (Å²) in [4.78, 5) is 14.4. The smallest absolute Gasteiger partial charge is 0.251 e. The van der Waals surface area contributed by atoms with E-state index in [2.05, 4.69) is 5.32 Å². The van der Waals surface area contributed by atoms with Gasteiger partial charge in [-0.05, 0) is 50.1 Å². The molecule has 0 bridgehead atoms. The highest BCUT2D eigenvalue weighted by atomic mass is 32.1. The highest BCUT2D eigenvalue weighted by Gasteiger charge is 2.37. The summed E-state index contributed by atoms with van der Waals surface area (Å²) in [5.74, 6) is -2.39. The lowest BCUT2D eigenvalue weighted by Gasteiger charge is -2.28. The number of amides is 1. The third-order valence-corrected chi connectivity index (χ3v) is 6.39. The minimum atomic E-state index is -1.02. The van der Waals surface area contributed by atoms with Crippen LogP contribution in [0.5, 0.6) is 0 Å². The van der Waals surface area contributed by atoms with E-state index in [9.17, 15) is 18.7 Å². The van der Waals surface area contributed by atoms with Gasteiger partial charge in [-0.2, -0.15) is 0 Å². The van der Waals surface area contributed by atoms with Crippen LogP contribution < -0.4 is 5.32 Å². The van der Waals surface area contributed by atoms with Gasteiger partial charge in [0.15, 0.2) is 11.6 Å². The van der Waals surface area contributed by atoms with Gasteiger partial charge in [-0.1, -0.05) is 12.8 Å². The predicted octanol–water partition coefficient (Wildman–Crippen LogP) is 4.32. The third kappa shape index (κ3) is 3.75. The minimum absolute atomic E-state index is 0.114. The quantitative estimate of drug-likeness (QED) is 0.829. The van der Waals surface area contributed by atoms with Gasteiger partial charge in [-0.15, -0.1) is 11.3 Å². The Hall–Kier alpha value is -1.79. The van der Waals surface area contributed by atoms with Gasteiger partial charge in [0.2, 0.25) is 0 Å². The second-order valence-electron chi connectivity index (χ2n) is 6.68. The third-order valence-electron chi connectivity index (χ3n) is 4.89. The Bertz CT molecular complexity index is 767. The number of carbonyl (C=O) groups is 1. The van der Waals surface area contributed by atoms with E-state index in [0.29, 0.717) is 6.54 Å². The maximum atomic E-state index is 13.3. The average molecular weight is 365 g/mol. The van der Waals surface area contributed by atoms with E-state index in [4.69, 9.17) is 0 Å². The first kappa shape index (κ1) is 18.0. The van der Waals surface area contributed by atoms with Gasteiger partial charge in [0.25, 0.3) is 5.91 Å². The number of hydrogen-bond donors (Lipinski definition) is 2. The van der Waals surface area contributed by atoms with Crippen molar-refractivity contribution in [2.45, 2.75) is 44.1 Å². The number of aliphatic hydroxyl groups is 1. The van der Waals surface area contributed by atoms with E-state index in [1.807, 2.05) is 12.1 Å². The first-order valence-corrected chi connectivity index (χ1v) is 9.24. The maximum absolute atomic E-state index is 13.3. The number of benzene rings is 1. The zero-order valence-corrected chi connectivity index (χ0v) is 14.8. The van der Waals surface area contributed by atoms with E-state index in [1.165, 1.54) is 6.07 Å². The molecule has 0 saturated heterocycles. The van der Waals surface area contributed by atoms with Gasteiger partial charge in [-0.3, -0.25) is 4.79 Å². The molecule has 1 saturated carbocycles. The first-order valence-electron chi connectivity index (χ1n) is 8.43. The molecule has 1 aromatic carbocycles. The Balaban J connectivity index is 1.75. The molecule has 1 unspecified atom stereocenters. The van der Waals surface area contributed by atoms with Gasteiger partial charge in [0, 0.05) is 27.3 Å². The molecule has 2 aromatic rings. The lowest BCUT2D eigenvalue weighted by atomic mass is 9.84. The van der Waals surface area contributed by atoms with Crippen LogP contribution in [0.25, 0.3) is 0 Å². The molecule has 0 radical (unpaired) electrons. The molecule has 1 fully saturated rings. The topological polar surface area (TPSA) is 49.3 Å². The molecule has 0 aliphatic heterocycles. The summed E-state index contributed by atoms with van der Waals surface area (Å²) in [5.41, 5.74) is -0.0330. The van der Waals surface area contributed by atoms with Crippen LogP contribution in [0.3, 0.4) is 0 Å². The second kappa shape index (κ2) is 7.22. The van der Waals surface area contributed by atoms with Crippen molar-refractivity contribution in [3.63, 3.8) is 0 Å². The average Bonchev–Trinajstić information content (AvgIpc) is 3.25. The second-order valence-corrected chi connectivity index (χ2v) is 7.79. The lowest BCUT2D eigenvalue weighted by molar-refractivity contribution is 0.0943. The molecular weight excluding hydrogens is 344 g/mol. The van der Waals surface area contributed by atoms with Crippen LogP contribution in [-0.4, -0.2) is 17.6 Å². The van der Waals surface area contributed by atoms with E-state index >= 15 is 0 Å². The summed E-state index contributed by atoms with van der Waals surface area (Å²) in [7, 11) is 0. The number of halogens is 2. The maximum Gasteiger partial charge on any atom is 0.251 e. The largest absolute Gasteiger partial charge is 0.388 e. The molecular formula is C19H21F2NO2S. The number of rotatable bonds is 5. The van der Waals surface area contributed by atoms with E-state index in [-0.39, 0.29) is 11.0 Å². The van der Waals surface area contributed by atoms with Crippen LogP contribution in [0.15, 0.2) is 30.3 Å². The molecule has 1 aliphatic carbocycles. The number of aliphatic hydroxyl groups excluding tert-OH is 1. The standard InChI is InChI=1S/C19H21F2NO2S/c1-12(23)16-6-7-17(25-16)19(8-2-3-9-19)11-22-18(24)13-4-5-14(20)15(21)10-13/h4-7,10,12,23H,2-3,8-9,11H2,1H3,(H,22,24). The monoisotopic (exact) mass is 365 g/mol. The Kier molecular flexibility index (Phi) is 5.20. The summed E-state index contributed by atoms with van der Waals surface area (Å²) in [6.45, 7) is 2.19. The van der Waals surface area contributed by atoms with E-state index in [1.54, 1.807) is 18.3 Å². The van der Waals surface area contributed by atoms with Crippen molar-refractivity contribution in [1.82, 2.24) is 5.32 Å². The zero-order valence-electron chi connectivity index (χ0n) is 14.0. The highest BCUT2D eigenvalue weighted by molar-refractivity contribution is 7.12. The van der Waals surface area contributed by atoms with Crippen LogP contribution in [0.2, 0.25) is 0 Å². The first-order chi connectivity index (χ1) is 11.9. The van der Waals surface area contributed by atoms with Crippen molar-refractivity contribution in [3.05, 3.63) is 57.3 Å². The molecule has 3 nitrogen and oxygen atoms in total. The van der Waals surface area contributed by atoms with Crippen LogP contribution in [-0.2, 0) is 5.41 Å². The molecule has 1 amide bonds. The highest BCUT2D eigenvalue weighted by Crippen LogP contribution is 2.44. The number of carbonyl (C=O) groups excluding carboxylic acids is 1. The van der Waals surface area contributed by atoms with Crippen molar-refractivity contribution in [2.75, 3.05) is 6.54 Å². The fourth-order valence-electron chi connectivity index (χ4n) is 3.41. The van der Waals surface area contributed by atoms with E-state index in [0.717, 1.165) is 47.6 Å². The van der Waals surface area contributed by atoms with Crippen LogP contribution in [0, 0.1) is 11.6 Å². The molecule has 1 heterocycles. The SMILES string of the molecule is CC(O)c1ccc(C2(CNC(=O)c3ccc(F)c(F)c3)CCCC2)s1. The summed E-state index contributed by atoms with van der Waals surface area (Å²) < 4.78 is 26.3. The summed E-state index contributed by atoms with van der Waals surface area (Å²) in [5, 5.41) is 12.6. The molecule has 2 N–H and O–H groups in total. The Labute approximate surface area is 149 Å². The molecule has 1 atom stereocenters. The molecule has 1 aliphatic rings. The van der Waals surface area contributed by atoms with E-state index < -0.39 is 23.6 Å². The molecule has 1 aromatic heterocycles. The van der Waals surface area contributed by atoms with Crippen LogP contribution in [0.1, 0.15) is 58.8 Å². The summed E-state index contributed by atoms with van der Waals surface area (Å²) in [6.07, 6.45) is 3.59. The van der Waals surface area contributed by atoms with Gasteiger partial charge in [0.1, 0.15) is 0 Å². The number of hydrogen-bond acceptors (Lipinski definition) is 3. The van der Waals surface area contributed by atoms with Crippen molar-refractivity contribution in [1.29, 1.82) is 0 Å². The fourth-order valence-corrected chi connectivity index (χ4v) is 4.60. The summed E-state index contributed by atoms with van der Waals surface area (Å²) in [6, 6.07) is 7.13. The summed E-state index contributed by atoms with van der Waals surface area (Å²) >= 11 is 1.58. The molecule has 25 heavy (non-hydrogen) atoms. The molecule has 3 rings (SSSR count). The Morgan fingerprint density at radius 1 is 1.24 bits per heavy atom. The van der Waals surface area contributed by atoms with Gasteiger partial charge in [0.05, 0.1) is 6.10 Å². The van der Waals surface area contributed by atoms with Crippen molar-refractivity contribution in [3.8, 4) is 0 Å². The van der Waals surface area contributed by atoms with Crippen LogP contribution >= 0.6 is 11.3 Å². The molecule has 0 spiro atoms. The number of thiophene rings is 1. The van der Waals surface area contributed by atoms with Crippen LogP contribution in [0.4, 0.5) is 8.78 Å². The van der Waals surface area contributed by atoms with Crippen molar-refractivity contribution in [2.24, 2.45) is 0 Å². The fraction of sp³-hybridized carbons (Fsp3) is 0.421. The normalized spacial score (nSPS) is 17.4. The van der Waals surface area contributed by atoms with Crippen molar-refractivity contribution >= 4 is 17.2 Å². The Morgan fingerprint density at radius 2 is 1.96 bits per heavy atom. The van der Waals surface area contributed by atoms with Gasteiger partial charge >= 0.3 is 0 Å². The Morgan fingerprint density at radius 3 is 2.56 bits per heavy atom. The predicted molar refractivity (Wildman–Crippen MR) is 93.8 cm³/mol. The van der Waals surface area contributed by atoms with Crippen molar-refractivity contribution < 1.29 is 18.7 Å². The molecule has 134 valence electrons. The minimum Gasteiger partial charge on any atom is -0.388 e. The zero-order chi connectivity index (χ0) is 18.0. The van der Waals surface area contributed by atoms with Gasteiger partial charge in [-0.25, -0.2) is 8.78 Å². The lowest BCUT2D eigenvalue weighted by Crippen LogP contribution is -2.38.